The number of anilines is 1. The van der Waals surface area contributed by atoms with Gasteiger partial charge < -0.3 is 29.6 Å². The van der Waals surface area contributed by atoms with Crippen LogP contribution in [0.2, 0.25) is 0 Å². The molecule has 0 bridgehead atoms. The molecule has 2 aromatic carbocycles. The number of fused-ring (bicyclic) bond motifs is 1. The molecule has 3 amide bonds. The number of carbonyl (C=O) groups is 3. The Balaban J connectivity index is 1.24. The molecule has 0 spiro atoms. The Morgan fingerprint density at radius 2 is 1.72 bits per heavy atom. The van der Waals surface area contributed by atoms with E-state index in [2.05, 4.69) is 15.1 Å². The first kappa shape index (κ1) is 32.3. The SMILES string of the molecule is Cc1cc(COC(=O)N2CCC(N3CCc4ccccc4NC3=O)CC2(CC=O)N2CCC(N3CCOCC3)CC2)cc(C)c1O. The number of rotatable bonds is 7. The fraction of sp³-hybridized carbons (Fsp3) is 0.571. The zero-order valence-electron chi connectivity index (χ0n) is 27.1. The Labute approximate surface area is 271 Å². The van der Waals surface area contributed by atoms with Gasteiger partial charge in [-0.25, -0.2) is 9.59 Å². The van der Waals surface area contributed by atoms with Crippen molar-refractivity contribution in [2.45, 2.75) is 76.7 Å². The van der Waals surface area contributed by atoms with Crippen molar-refractivity contribution in [1.82, 2.24) is 19.6 Å². The van der Waals surface area contributed by atoms with Crippen molar-refractivity contribution in [3.05, 3.63) is 58.7 Å². The van der Waals surface area contributed by atoms with Crippen LogP contribution >= 0.6 is 0 Å². The topological polar surface area (TPSA) is 115 Å². The maximum absolute atomic E-state index is 14.0. The number of amides is 3. The van der Waals surface area contributed by atoms with Crippen molar-refractivity contribution >= 4 is 24.1 Å². The van der Waals surface area contributed by atoms with E-state index in [-0.39, 0.29) is 30.9 Å². The van der Waals surface area contributed by atoms with Crippen molar-refractivity contribution in [3.8, 4) is 5.75 Å². The monoisotopic (exact) mass is 633 g/mol. The van der Waals surface area contributed by atoms with Gasteiger partial charge in [0.1, 0.15) is 24.3 Å². The van der Waals surface area contributed by atoms with E-state index in [1.54, 1.807) is 4.90 Å². The number of urea groups is 1. The number of nitrogens with zero attached hydrogens (tertiary/aromatic N) is 4. The van der Waals surface area contributed by atoms with Gasteiger partial charge in [-0.2, -0.15) is 0 Å². The number of nitrogens with one attached hydrogen (secondary N) is 1. The van der Waals surface area contributed by atoms with Crippen LogP contribution in [0.1, 0.15) is 54.4 Å². The smallest absolute Gasteiger partial charge is 0.411 e. The lowest BCUT2D eigenvalue weighted by molar-refractivity contribution is -0.129. The van der Waals surface area contributed by atoms with Crippen LogP contribution in [0, 0.1) is 13.8 Å². The Hall–Kier alpha value is -3.67. The van der Waals surface area contributed by atoms with Crippen LogP contribution in [0.25, 0.3) is 0 Å². The fourth-order valence-electron chi connectivity index (χ4n) is 8.04. The predicted octanol–water partition coefficient (Wildman–Crippen LogP) is 4.28. The summed E-state index contributed by atoms with van der Waals surface area (Å²) in [6.07, 6.45) is 4.22. The molecule has 2 aromatic rings. The highest BCUT2D eigenvalue weighted by Crippen LogP contribution is 2.40. The van der Waals surface area contributed by atoms with Crippen LogP contribution in [-0.2, 0) is 27.3 Å². The van der Waals surface area contributed by atoms with E-state index in [9.17, 15) is 19.5 Å². The van der Waals surface area contributed by atoms with Gasteiger partial charge in [0.2, 0.25) is 0 Å². The summed E-state index contributed by atoms with van der Waals surface area (Å²) < 4.78 is 11.5. The molecule has 3 fully saturated rings. The summed E-state index contributed by atoms with van der Waals surface area (Å²) in [4.78, 5) is 48.6. The van der Waals surface area contributed by atoms with Gasteiger partial charge in [0.25, 0.3) is 0 Å². The van der Waals surface area contributed by atoms with Gasteiger partial charge in [0, 0.05) is 69.9 Å². The molecule has 11 heteroatoms. The first-order valence-corrected chi connectivity index (χ1v) is 16.7. The number of hydrogen-bond acceptors (Lipinski definition) is 8. The van der Waals surface area contributed by atoms with E-state index in [1.807, 2.05) is 55.1 Å². The summed E-state index contributed by atoms with van der Waals surface area (Å²) >= 11 is 0. The van der Waals surface area contributed by atoms with Gasteiger partial charge >= 0.3 is 12.1 Å². The lowest BCUT2D eigenvalue weighted by atomic mass is 9.84. The highest BCUT2D eigenvalue weighted by atomic mass is 16.6. The summed E-state index contributed by atoms with van der Waals surface area (Å²) in [7, 11) is 0. The maximum atomic E-state index is 14.0. The van der Waals surface area contributed by atoms with Crippen molar-refractivity contribution in [2.75, 3.05) is 57.8 Å². The van der Waals surface area contributed by atoms with Crippen molar-refractivity contribution < 1.29 is 29.0 Å². The molecule has 11 nitrogen and oxygen atoms in total. The average Bonchev–Trinajstić information content (AvgIpc) is 3.24. The Morgan fingerprint density at radius 3 is 2.43 bits per heavy atom. The third-order valence-corrected chi connectivity index (χ3v) is 10.5. The van der Waals surface area contributed by atoms with Crippen LogP contribution in [0.4, 0.5) is 15.3 Å². The molecule has 2 unspecified atom stereocenters. The number of aryl methyl sites for hydroxylation is 2. The molecule has 0 saturated carbocycles. The molecule has 3 saturated heterocycles. The molecule has 0 aliphatic carbocycles. The number of phenols is 1. The number of piperidine rings is 2. The number of likely N-dealkylation sites (tertiary alicyclic amines) is 2. The largest absolute Gasteiger partial charge is 0.507 e. The minimum absolute atomic E-state index is 0.0593. The molecule has 248 valence electrons. The number of morpholine rings is 1. The molecular weight excluding hydrogens is 586 g/mol. The molecule has 2 atom stereocenters. The fourth-order valence-corrected chi connectivity index (χ4v) is 8.04. The van der Waals surface area contributed by atoms with Gasteiger partial charge in [0.15, 0.2) is 0 Å². The second kappa shape index (κ2) is 14.0. The van der Waals surface area contributed by atoms with E-state index in [0.29, 0.717) is 32.0 Å². The van der Waals surface area contributed by atoms with Crippen molar-refractivity contribution in [1.29, 1.82) is 0 Å². The number of benzene rings is 2. The number of phenolic OH excluding ortho intramolecular Hbond substituents is 1. The van der Waals surface area contributed by atoms with E-state index in [1.165, 1.54) is 0 Å². The molecule has 4 aliphatic heterocycles. The number of carbonyl (C=O) groups excluding carboxylic acids is 3. The van der Waals surface area contributed by atoms with Gasteiger partial charge in [0.05, 0.1) is 13.2 Å². The third kappa shape index (κ3) is 6.59. The first-order valence-electron chi connectivity index (χ1n) is 16.7. The third-order valence-electron chi connectivity index (χ3n) is 10.5. The van der Waals surface area contributed by atoms with E-state index < -0.39 is 11.8 Å². The summed E-state index contributed by atoms with van der Waals surface area (Å²) in [5, 5.41) is 13.3. The summed E-state index contributed by atoms with van der Waals surface area (Å²) in [5.41, 5.74) is 3.26. The minimum Gasteiger partial charge on any atom is -0.507 e. The molecule has 4 aliphatic rings. The molecule has 2 N–H and O–H groups in total. The van der Waals surface area contributed by atoms with Crippen molar-refractivity contribution in [2.24, 2.45) is 0 Å². The second-order valence-corrected chi connectivity index (χ2v) is 13.2. The van der Waals surface area contributed by atoms with E-state index in [0.717, 1.165) is 92.9 Å². The summed E-state index contributed by atoms with van der Waals surface area (Å²) in [5.74, 6) is 0.239. The molecule has 46 heavy (non-hydrogen) atoms. The van der Waals surface area contributed by atoms with Gasteiger partial charge in [-0.15, -0.1) is 0 Å². The number of aromatic hydroxyl groups is 1. The Bertz CT molecular complexity index is 1400. The molecule has 4 heterocycles. The lowest BCUT2D eigenvalue weighted by Gasteiger charge is -2.57. The zero-order chi connectivity index (χ0) is 32.3. The standard InChI is InChI=1S/C35H47N5O6/c1-25-21-27(22-26(2)32(25)42)24-46-34(44)40-15-10-30(39-14-7-28-5-3-4-6-31(28)36-33(39)43)23-35(40,11-18-41)38-12-8-29(9-13-38)37-16-19-45-20-17-37/h3-6,18,21-22,29-30,42H,7-17,19-20,23-24H2,1-2H3,(H,36,43). The van der Waals surface area contributed by atoms with Gasteiger partial charge in [-0.05, 0) is 80.0 Å². The average molecular weight is 634 g/mol. The number of hydrogen-bond donors (Lipinski definition) is 2. The molecule has 0 radical (unpaired) electrons. The number of ether oxygens (including phenoxy) is 2. The molecular formula is C35H47N5O6. The highest BCUT2D eigenvalue weighted by Gasteiger charge is 2.52. The minimum atomic E-state index is -0.919. The maximum Gasteiger partial charge on any atom is 0.411 e. The van der Waals surface area contributed by atoms with Crippen LogP contribution in [0.3, 0.4) is 0 Å². The summed E-state index contributed by atoms with van der Waals surface area (Å²) in [6.45, 7) is 9.46. The lowest BCUT2D eigenvalue weighted by Crippen LogP contribution is -2.70. The van der Waals surface area contributed by atoms with Gasteiger partial charge in [-0.3, -0.25) is 14.7 Å². The van der Waals surface area contributed by atoms with E-state index in [4.69, 9.17) is 9.47 Å². The second-order valence-electron chi connectivity index (χ2n) is 13.2. The molecule has 6 rings (SSSR count). The van der Waals surface area contributed by atoms with Crippen LogP contribution in [0.15, 0.2) is 36.4 Å². The Morgan fingerprint density at radius 1 is 1.02 bits per heavy atom. The van der Waals surface area contributed by atoms with Crippen LogP contribution in [-0.4, -0.2) is 113 Å². The number of para-hydroxylation sites is 1. The number of aldehydes is 1. The van der Waals surface area contributed by atoms with Crippen molar-refractivity contribution in [3.63, 3.8) is 0 Å². The van der Waals surface area contributed by atoms with Crippen LogP contribution < -0.4 is 5.32 Å². The summed E-state index contributed by atoms with van der Waals surface area (Å²) in [6, 6.07) is 11.7. The highest BCUT2D eigenvalue weighted by molar-refractivity contribution is 5.91. The van der Waals surface area contributed by atoms with Crippen LogP contribution in [0.5, 0.6) is 5.75 Å². The van der Waals surface area contributed by atoms with E-state index >= 15 is 0 Å². The van der Waals surface area contributed by atoms with Gasteiger partial charge in [-0.1, -0.05) is 18.2 Å². The predicted molar refractivity (Wildman–Crippen MR) is 174 cm³/mol. The first-order chi connectivity index (χ1) is 22.3. The quantitative estimate of drug-likeness (QED) is 0.435. The molecule has 0 aromatic heterocycles. The zero-order valence-corrected chi connectivity index (χ0v) is 27.1. The Kier molecular flexibility index (Phi) is 9.81. The normalized spacial score (nSPS) is 25.0.